The van der Waals surface area contributed by atoms with E-state index in [-0.39, 0.29) is 5.97 Å². The van der Waals surface area contributed by atoms with Gasteiger partial charge in [0.25, 0.3) is 0 Å². The molecule has 0 saturated carbocycles. The minimum absolute atomic E-state index is 0.00908. The lowest BCUT2D eigenvalue weighted by Gasteiger charge is -2.21. The Kier molecular flexibility index (Phi) is 7.23. The molecule has 1 unspecified atom stereocenters. The summed E-state index contributed by atoms with van der Waals surface area (Å²) in [5, 5.41) is 3.32. The summed E-state index contributed by atoms with van der Waals surface area (Å²) in [6.45, 7) is 4.87. The van der Waals surface area contributed by atoms with E-state index in [0.717, 1.165) is 25.9 Å². The van der Waals surface area contributed by atoms with Crippen LogP contribution in [0.2, 0.25) is 0 Å². The average molecular weight is 227 g/mol. The lowest BCUT2D eigenvalue weighted by Crippen LogP contribution is -2.31. The number of carbonyl (C=O) groups is 1. The van der Waals surface area contributed by atoms with E-state index in [4.69, 9.17) is 4.74 Å². The van der Waals surface area contributed by atoms with E-state index < -0.39 is 0 Å². The van der Waals surface area contributed by atoms with E-state index in [1.807, 2.05) is 0 Å². The van der Waals surface area contributed by atoms with E-state index in [0.29, 0.717) is 18.9 Å². The van der Waals surface area contributed by atoms with Crippen LogP contribution in [0, 0.1) is 5.92 Å². The maximum absolute atomic E-state index is 11.5. The van der Waals surface area contributed by atoms with Gasteiger partial charge in [-0.3, -0.25) is 4.79 Å². The number of esters is 1. The monoisotopic (exact) mass is 227 g/mol. The van der Waals surface area contributed by atoms with Gasteiger partial charge >= 0.3 is 5.97 Å². The average Bonchev–Trinajstić information content (AvgIpc) is 2.30. The van der Waals surface area contributed by atoms with Crippen LogP contribution in [0.3, 0.4) is 0 Å². The molecule has 1 N–H and O–H groups in total. The molecule has 94 valence electrons. The Morgan fingerprint density at radius 3 is 2.94 bits per heavy atom. The van der Waals surface area contributed by atoms with Crippen LogP contribution in [0.5, 0.6) is 0 Å². The van der Waals surface area contributed by atoms with Gasteiger partial charge in [-0.25, -0.2) is 0 Å². The number of piperidine rings is 1. The fourth-order valence-corrected chi connectivity index (χ4v) is 2.11. The van der Waals surface area contributed by atoms with Gasteiger partial charge in [0.1, 0.15) is 0 Å². The van der Waals surface area contributed by atoms with Crippen LogP contribution in [0.1, 0.15) is 51.9 Å². The lowest BCUT2D eigenvalue weighted by molar-refractivity contribution is -0.145. The molecule has 1 saturated heterocycles. The zero-order chi connectivity index (χ0) is 11.6. The highest BCUT2D eigenvalue weighted by Crippen LogP contribution is 2.14. The molecule has 1 rings (SSSR count). The first-order valence-corrected chi connectivity index (χ1v) is 6.69. The van der Waals surface area contributed by atoms with Gasteiger partial charge in [0, 0.05) is 6.42 Å². The van der Waals surface area contributed by atoms with Crippen LogP contribution in [0.25, 0.3) is 0 Å². The number of rotatable bonds is 7. The topological polar surface area (TPSA) is 38.3 Å². The summed E-state index contributed by atoms with van der Waals surface area (Å²) in [5.41, 5.74) is 0. The lowest BCUT2D eigenvalue weighted by atomic mass is 9.96. The summed E-state index contributed by atoms with van der Waals surface area (Å²) in [7, 11) is 0. The second-order valence-corrected chi connectivity index (χ2v) is 4.70. The Bertz CT molecular complexity index is 188. The van der Waals surface area contributed by atoms with Crippen molar-refractivity contribution in [3.63, 3.8) is 0 Å². The second kappa shape index (κ2) is 8.57. The molecule has 0 amide bonds. The summed E-state index contributed by atoms with van der Waals surface area (Å²) in [6, 6.07) is 0. The Morgan fingerprint density at radius 2 is 2.25 bits per heavy atom. The third kappa shape index (κ3) is 6.11. The number of hydrogen-bond acceptors (Lipinski definition) is 3. The number of unbranched alkanes of at least 4 members (excludes halogenated alkanes) is 3. The predicted octanol–water partition coefficient (Wildman–Crippen LogP) is 2.50. The van der Waals surface area contributed by atoms with Gasteiger partial charge in [0.05, 0.1) is 6.61 Å². The van der Waals surface area contributed by atoms with Crippen molar-refractivity contribution >= 4 is 5.97 Å². The van der Waals surface area contributed by atoms with E-state index in [1.165, 1.54) is 25.7 Å². The summed E-state index contributed by atoms with van der Waals surface area (Å²) in [5.74, 6) is 0.488. The van der Waals surface area contributed by atoms with Gasteiger partial charge < -0.3 is 10.1 Å². The molecule has 16 heavy (non-hydrogen) atoms. The highest BCUT2D eigenvalue weighted by molar-refractivity contribution is 5.69. The minimum atomic E-state index is -0.00908. The van der Waals surface area contributed by atoms with Gasteiger partial charge in [0.2, 0.25) is 0 Å². The Hall–Kier alpha value is -0.570. The maximum atomic E-state index is 11.5. The molecule has 3 heteroatoms. The molecular formula is C13H25NO2. The third-order valence-electron chi connectivity index (χ3n) is 3.12. The van der Waals surface area contributed by atoms with Crippen LogP contribution < -0.4 is 5.32 Å². The molecule has 1 aliphatic heterocycles. The van der Waals surface area contributed by atoms with E-state index >= 15 is 0 Å². The van der Waals surface area contributed by atoms with Crippen LogP contribution in [-0.2, 0) is 9.53 Å². The zero-order valence-electron chi connectivity index (χ0n) is 10.5. The molecule has 0 aromatic heterocycles. The van der Waals surface area contributed by atoms with Gasteiger partial charge in [-0.15, -0.1) is 0 Å². The Labute approximate surface area is 98.9 Å². The van der Waals surface area contributed by atoms with Crippen molar-refractivity contribution in [3.8, 4) is 0 Å². The molecular weight excluding hydrogens is 202 g/mol. The van der Waals surface area contributed by atoms with E-state index in [9.17, 15) is 4.79 Å². The van der Waals surface area contributed by atoms with E-state index in [2.05, 4.69) is 12.2 Å². The highest BCUT2D eigenvalue weighted by atomic mass is 16.5. The number of nitrogens with one attached hydrogen (secondary N) is 1. The number of hydrogen-bond donors (Lipinski definition) is 1. The summed E-state index contributed by atoms with van der Waals surface area (Å²) >= 11 is 0. The van der Waals surface area contributed by atoms with E-state index in [1.54, 1.807) is 0 Å². The number of ether oxygens (including phenoxy) is 1. The van der Waals surface area contributed by atoms with Crippen molar-refractivity contribution in [2.75, 3.05) is 19.7 Å². The Balaban J connectivity index is 1.97. The van der Waals surface area contributed by atoms with Crippen LogP contribution in [0.15, 0.2) is 0 Å². The van der Waals surface area contributed by atoms with Gasteiger partial charge in [-0.2, -0.15) is 0 Å². The second-order valence-electron chi connectivity index (χ2n) is 4.70. The molecule has 0 aromatic carbocycles. The smallest absolute Gasteiger partial charge is 0.306 e. The molecule has 0 spiro atoms. The largest absolute Gasteiger partial charge is 0.466 e. The molecule has 1 fully saturated rings. The normalized spacial score (nSPS) is 20.7. The van der Waals surface area contributed by atoms with Crippen molar-refractivity contribution in [1.82, 2.24) is 5.32 Å². The van der Waals surface area contributed by atoms with Crippen LogP contribution in [0.4, 0.5) is 0 Å². The molecule has 0 aliphatic carbocycles. The van der Waals surface area contributed by atoms with Crippen molar-refractivity contribution < 1.29 is 9.53 Å². The fraction of sp³-hybridized carbons (Fsp3) is 0.923. The first-order valence-electron chi connectivity index (χ1n) is 6.69. The molecule has 0 radical (unpaired) electrons. The molecule has 0 bridgehead atoms. The number of carbonyl (C=O) groups excluding carboxylic acids is 1. The molecule has 0 aromatic rings. The van der Waals surface area contributed by atoms with Crippen molar-refractivity contribution in [2.45, 2.75) is 51.9 Å². The van der Waals surface area contributed by atoms with Crippen molar-refractivity contribution in [3.05, 3.63) is 0 Å². The van der Waals surface area contributed by atoms with Gasteiger partial charge in [-0.1, -0.05) is 26.2 Å². The van der Waals surface area contributed by atoms with Gasteiger partial charge in [0.15, 0.2) is 0 Å². The molecule has 3 nitrogen and oxygen atoms in total. The van der Waals surface area contributed by atoms with Gasteiger partial charge in [-0.05, 0) is 38.3 Å². The summed E-state index contributed by atoms with van der Waals surface area (Å²) in [4.78, 5) is 11.5. The predicted molar refractivity (Wildman–Crippen MR) is 65.3 cm³/mol. The molecule has 1 atom stereocenters. The standard InChI is InChI=1S/C13H25NO2/c1-2-3-4-5-9-16-13(15)10-12-7-6-8-14-11-12/h12,14H,2-11H2,1H3. The fourth-order valence-electron chi connectivity index (χ4n) is 2.11. The molecule has 1 aliphatic rings. The zero-order valence-corrected chi connectivity index (χ0v) is 10.5. The maximum Gasteiger partial charge on any atom is 0.306 e. The SMILES string of the molecule is CCCCCCOC(=O)CC1CCCNC1. The van der Waals surface area contributed by atoms with Crippen molar-refractivity contribution in [1.29, 1.82) is 0 Å². The quantitative estimate of drug-likeness (QED) is 0.536. The summed E-state index contributed by atoms with van der Waals surface area (Å²) in [6.07, 6.45) is 7.61. The van der Waals surface area contributed by atoms with Crippen LogP contribution >= 0.6 is 0 Å². The Morgan fingerprint density at radius 1 is 1.38 bits per heavy atom. The minimum Gasteiger partial charge on any atom is -0.466 e. The first-order chi connectivity index (χ1) is 7.83. The first kappa shape index (κ1) is 13.5. The third-order valence-corrected chi connectivity index (χ3v) is 3.12. The van der Waals surface area contributed by atoms with Crippen molar-refractivity contribution in [2.24, 2.45) is 5.92 Å². The van der Waals surface area contributed by atoms with Crippen LogP contribution in [-0.4, -0.2) is 25.7 Å². The molecule has 1 heterocycles. The summed E-state index contributed by atoms with van der Waals surface area (Å²) < 4.78 is 5.22. The highest BCUT2D eigenvalue weighted by Gasteiger charge is 2.17.